The van der Waals surface area contributed by atoms with Crippen molar-refractivity contribution in [2.75, 3.05) is 23.7 Å². The number of halogens is 3. The van der Waals surface area contributed by atoms with Crippen molar-refractivity contribution in [1.82, 2.24) is 10.2 Å². The van der Waals surface area contributed by atoms with Gasteiger partial charge in [-0.2, -0.15) is 0 Å². The molecule has 0 aliphatic heterocycles. The highest BCUT2D eigenvalue weighted by Crippen LogP contribution is 2.29. The van der Waals surface area contributed by atoms with Crippen LogP contribution in [-0.2, 0) is 32.6 Å². The Balaban J connectivity index is 2.06. The van der Waals surface area contributed by atoms with E-state index in [1.807, 2.05) is 44.2 Å². The Morgan fingerprint density at radius 3 is 2.15 bits per heavy atom. The van der Waals surface area contributed by atoms with E-state index < -0.39 is 28.5 Å². The second-order valence-electron chi connectivity index (χ2n) is 9.86. The van der Waals surface area contributed by atoms with E-state index in [4.69, 9.17) is 34.8 Å². The molecule has 1 unspecified atom stereocenters. The van der Waals surface area contributed by atoms with E-state index in [2.05, 4.69) is 5.32 Å². The van der Waals surface area contributed by atoms with E-state index in [1.165, 1.54) is 23.1 Å². The highest BCUT2D eigenvalue weighted by atomic mass is 35.5. The third-order valence-electron chi connectivity index (χ3n) is 6.07. The van der Waals surface area contributed by atoms with Gasteiger partial charge < -0.3 is 10.2 Å². The van der Waals surface area contributed by atoms with Gasteiger partial charge in [0.1, 0.15) is 12.6 Å². The standard InChI is InChI=1S/C29H32Cl3N3O4S/c1-20(2)17-33-29(37)27(15-21-8-5-4-6-9-21)34(18-22-10-7-11-23(30)14-22)28(36)19-35(40(3,38)39)24-12-13-25(31)26(32)16-24/h4-14,16,20,27H,15,17-19H2,1-3H3,(H,33,37). The number of hydrogen-bond acceptors (Lipinski definition) is 4. The van der Waals surface area contributed by atoms with Crippen LogP contribution in [-0.4, -0.2) is 50.5 Å². The zero-order valence-electron chi connectivity index (χ0n) is 22.5. The van der Waals surface area contributed by atoms with Crippen LogP contribution in [0.5, 0.6) is 0 Å². The van der Waals surface area contributed by atoms with E-state index in [-0.39, 0.29) is 40.5 Å². The number of benzene rings is 3. The molecular weight excluding hydrogens is 593 g/mol. The largest absolute Gasteiger partial charge is 0.354 e. The van der Waals surface area contributed by atoms with Crippen molar-refractivity contribution in [2.45, 2.75) is 32.9 Å². The number of anilines is 1. The highest BCUT2D eigenvalue weighted by molar-refractivity contribution is 7.92. The average Bonchev–Trinajstić information content (AvgIpc) is 2.89. The minimum atomic E-state index is -3.92. The Labute approximate surface area is 251 Å². The minimum Gasteiger partial charge on any atom is -0.354 e. The van der Waals surface area contributed by atoms with Crippen LogP contribution in [0.4, 0.5) is 5.69 Å². The third kappa shape index (κ3) is 9.13. The summed E-state index contributed by atoms with van der Waals surface area (Å²) in [5.74, 6) is -0.723. The molecule has 11 heteroatoms. The van der Waals surface area contributed by atoms with Gasteiger partial charge in [-0.1, -0.05) is 91.1 Å². The topological polar surface area (TPSA) is 86.8 Å². The van der Waals surface area contributed by atoms with Crippen LogP contribution in [0.25, 0.3) is 0 Å². The number of sulfonamides is 1. The molecule has 3 aromatic rings. The number of carbonyl (C=O) groups excluding carboxylic acids is 2. The van der Waals surface area contributed by atoms with Crippen molar-refractivity contribution >= 4 is 62.3 Å². The number of rotatable bonds is 12. The molecule has 0 aromatic heterocycles. The summed E-state index contributed by atoms with van der Waals surface area (Å²) >= 11 is 18.4. The molecule has 0 bridgehead atoms. The van der Waals surface area contributed by atoms with E-state index in [9.17, 15) is 18.0 Å². The van der Waals surface area contributed by atoms with Crippen molar-refractivity contribution in [3.63, 3.8) is 0 Å². The normalized spacial score (nSPS) is 12.2. The molecule has 7 nitrogen and oxygen atoms in total. The lowest BCUT2D eigenvalue weighted by Crippen LogP contribution is -2.53. The van der Waals surface area contributed by atoms with Crippen LogP contribution < -0.4 is 9.62 Å². The summed E-state index contributed by atoms with van der Waals surface area (Å²) < 4.78 is 26.6. The summed E-state index contributed by atoms with van der Waals surface area (Å²) in [6, 6.07) is 19.7. The quantitative estimate of drug-likeness (QED) is 0.275. The van der Waals surface area contributed by atoms with Gasteiger partial charge in [-0.25, -0.2) is 8.42 Å². The average molecular weight is 625 g/mol. The summed E-state index contributed by atoms with van der Waals surface area (Å²) in [6.07, 6.45) is 1.23. The molecule has 0 aliphatic rings. The zero-order chi connectivity index (χ0) is 29.4. The van der Waals surface area contributed by atoms with Gasteiger partial charge in [0.15, 0.2) is 0 Å². The lowest BCUT2D eigenvalue weighted by Gasteiger charge is -2.33. The first kappa shape index (κ1) is 31.7. The molecule has 0 saturated heterocycles. The molecule has 0 saturated carbocycles. The first-order valence-corrected chi connectivity index (χ1v) is 15.6. The van der Waals surface area contributed by atoms with Crippen molar-refractivity contribution < 1.29 is 18.0 Å². The number of hydrogen-bond donors (Lipinski definition) is 1. The van der Waals surface area contributed by atoms with Crippen LogP contribution in [0.1, 0.15) is 25.0 Å². The smallest absolute Gasteiger partial charge is 0.244 e. The zero-order valence-corrected chi connectivity index (χ0v) is 25.6. The van der Waals surface area contributed by atoms with Crippen LogP contribution in [0.2, 0.25) is 15.1 Å². The minimum absolute atomic E-state index is 0.0327. The first-order valence-electron chi connectivity index (χ1n) is 12.6. The highest BCUT2D eigenvalue weighted by Gasteiger charge is 2.33. The fourth-order valence-electron chi connectivity index (χ4n) is 4.06. The number of nitrogens with one attached hydrogen (secondary N) is 1. The molecule has 0 aliphatic carbocycles. The Morgan fingerprint density at radius 1 is 0.875 bits per heavy atom. The molecule has 3 aromatic carbocycles. The summed E-state index contributed by atoms with van der Waals surface area (Å²) in [7, 11) is -3.92. The fraction of sp³-hybridized carbons (Fsp3) is 0.310. The molecule has 0 spiro atoms. The monoisotopic (exact) mass is 623 g/mol. The van der Waals surface area contributed by atoms with Gasteiger partial charge in [-0.05, 0) is 47.4 Å². The first-order chi connectivity index (χ1) is 18.8. The van der Waals surface area contributed by atoms with E-state index >= 15 is 0 Å². The molecule has 1 N–H and O–H groups in total. The van der Waals surface area contributed by atoms with Gasteiger partial charge in [-0.15, -0.1) is 0 Å². The fourth-order valence-corrected chi connectivity index (χ4v) is 5.41. The van der Waals surface area contributed by atoms with Crippen molar-refractivity contribution in [2.24, 2.45) is 5.92 Å². The molecule has 0 fully saturated rings. The second kappa shape index (κ2) is 14.2. The van der Waals surface area contributed by atoms with Gasteiger partial charge in [-0.3, -0.25) is 13.9 Å². The Bertz CT molecular complexity index is 1440. The summed E-state index contributed by atoms with van der Waals surface area (Å²) in [5.41, 5.74) is 1.72. The van der Waals surface area contributed by atoms with Gasteiger partial charge in [0.05, 0.1) is 22.0 Å². The number of amides is 2. The van der Waals surface area contributed by atoms with Gasteiger partial charge in [0.25, 0.3) is 0 Å². The molecule has 2 amide bonds. The molecule has 214 valence electrons. The molecule has 40 heavy (non-hydrogen) atoms. The van der Waals surface area contributed by atoms with Crippen molar-refractivity contribution in [3.05, 3.63) is 99.0 Å². The Hall–Kier alpha value is -2.78. The van der Waals surface area contributed by atoms with Crippen LogP contribution in [0.15, 0.2) is 72.8 Å². The maximum absolute atomic E-state index is 14.0. The molecule has 0 heterocycles. The van der Waals surface area contributed by atoms with Crippen molar-refractivity contribution in [3.8, 4) is 0 Å². The van der Waals surface area contributed by atoms with Gasteiger partial charge in [0, 0.05) is 24.5 Å². The number of nitrogens with zero attached hydrogens (tertiary/aromatic N) is 2. The lowest BCUT2D eigenvalue weighted by molar-refractivity contribution is -0.140. The van der Waals surface area contributed by atoms with E-state index in [0.717, 1.165) is 16.1 Å². The molecule has 0 radical (unpaired) electrons. The van der Waals surface area contributed by atoms with E-state index in [0.29, 0.717) is 17.1 Å². The SMILES string of the molecule is CC(C)CNC(=O)C(Cc1ccccc1)N(Cc1cccc(Cl)c1)C(=O)CN(c1ccc(Cl)c(Cl)c1)S(C)(=O)=O. The maximum atomic E-state index is 14.0. The molecule has 3 rings (SSSR count). The van der Waals surface area contributed by atoms with Gasteiger partial charge in [0.2, 0.25) is 21.8 Å². The van der Waals surface area contributed by atoms with Crippen LogP contribution in [0, 0.1) is 5.92 Å². The van der Waals surface area contributed by atoms with Crippen molar-refractivity contribution in [1.29, 1.82) is 0 Å². The number of carbonyl (C=O) groups is 2. The van der Waals surface area contributed by atoms with Gasteiger partial charge >= 0.3 is 0 Å². The predicted octanol–water partition coefficient (Wildman–Crippen LogP) is 5.83. The predicted molar refractivity (Wildman–Crippen MR) is 162 cm³/mol. The summed E-state index contributed by atoms with van der Waals surface area (Å²) in [5, 5.41) is 3.81. The third-order valence-corrected chi connectivity index (χ3v) is 8.18. The van der Waals surface area contributed by atoms with Crippen LogP contribution >= 0.6 is 34.8 Å². The molecule has 1 atom stereocenters. The Kier molecular flexibility index (Phi) is 11.3. The van der Waals surface area contributed by atoms with Crippen LogP contribution in [0.3, 0.4) is 0 Å². The summed E-state index contributed by atoms with van der Waals surface area (Å²) in [4.78, 5) is 29.0. The molecular formula is C29H32Cl3N3O4S. The summed E-state index contributed by atoms with van der Waals surface area (Å²) in [6.45, 7) is 3.85. The Morgan fingerprint density at radius 2 is 1.55 bits per heavy atom. The lowest BCUT2D eigenvalue weighted by atomic mass is 10.0. The second-order valence-corrected chi connectivity index (χ2v) is 13.0. The maximum Gasteiger partial charge on any atom is 0.244 e. The van der Waals surface area contributed by atoms with E-state index in [1.54, 1.807) is 24.3 Å².